The lowest BCUT2D eigenvalue weighted by molar-refractivity contribution is -0.137. The van der Waals surface area contributed by atoms with Crippen LogP contribution in [0.15, 0.2) is 18.2 Å². The summed E-state index contributed by atoms with van der Waals surface area (Å²) in [6.45, 7) is 4.40. The van der Waals surface area contributed by atoms with Gasteiger partial charge < -0.3 is 24.6 Å². The number of piperidine rings is 1. The number of nitrogens with one attached hydrogen (secondary N) is 1. The Kier molecular flexibility index (Phi) is 5.88. The molecule has 0 aliphatic carbocycles. The van der Waals surface area contributed by atoms with E-state index in [0.29, 0.717) is 43.2 Å². The summed E-state index contributed by atoms with van der Waals surface area (Å²) in [6, 6.07) is 5.27. The van der Waals surface area contributed by atoms with E-state index in [2.05, 4.69) is 5.32 Å². The maximum atomic E-state index is 12.7. The van der Waals surface area contributed by atoms with E-state index in [1.165, 1.54) is 0 Å². The summed E-state index contributed by atoms with van der Waals surface area (Å²) in [5.41, 5.74) is 0.599. The highest BCUT2D eigenvalue weighted by Crippen LogP contribution is 2.32. The van der Waals surface area contributed by atoms with Gasteiger partial charge in [-0.1, -0.05) is 0 Å². The van der Waals surface area contributed by atoms with Crippen LogP contribution >= 0.6 is 12.4 Å². The molecule has 0 unspecified atom stereocenters. The van der Waals surface area contributed by atoms with Crippen molar-refractivity contribution in [2.45, 2.75) is 12.8 Å². The Morgan fingerprint density at radius 1 is 0.962 bits per heavy atom. The first-order valence-electron chi connectivity index (χ1n) is 8.91. The lowest BCUT2D eigenvalue weighted by Gasteiger charge is -2.37. The summed E-state index contributed by atoms with van der Waals surface area (Å²) in [5, 5.41) is 3.29. The molecule has 26 heavy (non-hydrogen) atoms. The summed E-state index contributed by atoms with van der Waals surface area (Å²) in [4.78, 5) is 29.0. The summed E-state index contributed by atoms with van der Waals surface area (Å²) in [6.07, 6.45) is 1.82. The van der Waals surface area contributed by atoms with E-state index in [1.54, 1.807) is 18.2 Å². The van der Waals surface area contributed by atoms with Crippen LogP contribution in [-0.4, -0.2) is 67.7 Å². The number of hydrogen-bond acceptors (Lipinski definition) is 5. The Balaban J connectivity index is 0.00000196. The largest absolute Gasteiger partial charge is 0.454 e. The fourth-order valence-electron chi connectivity index (χ4n) is 3.67. The minimum absolute atomic E-state index is 0. The number of fused-ring (bicyclic) bond motifs is 1. The van der Waals surface area contributed by atoms with Crippen LogP contribution in [0.4, 0.5) is 0 Å². The van der Waals surface area contributed by atoms with Gasteiger partial charge >= 0.3 is 0 Å². The third-order valence-electron chi connectivity index (χ3n) is 5.19. The number of halogens is 1. The highest BCUT2D eigenvalue weighted by atomic mass is 35.5. The molecule has 7 nitrogen and oxygen atoms in total. The zero-order chi connectivity index (χ0) is 17.2. The van der Waals surface area contributed by atoms with Crippen molar-refractivity contribution in [3.8, 4) is 11.5 Å². The van der Waals surface area contributed by atoms with Crippen LogP contribution < -0.4 is 14.8 Å². The molecule has 1 N–H and O–H groups in total. The van der Waals surface area contributed by atoms with Crippen molar-refractivity contribution in [1.29, 1.82) is 0 Å². The molecule has 3 aliphatic rings. The molecular formula is C18H24ClN3O4. The van der Waals surface area contributed by atoms with E-state index in [9.17, 15) is 9.59 Å². The molecule has 0 atom stereocenters. The second-order valence-corrected chi connectivity index (χ2v) is 6.71. The summed E-state index contributed by atoms with van der Waals surface area (Å²) in [7, 11) is 0. The number of hydrogen-bond donors (Lipinski definition) is 1. The highest BCUT2D eigenvalue weighted by Gasteiger charge is 2.30. The molecule has 0 bridgehead atoms. The Labute approximate surface area is 159 Å². The number of amides is 2. The van der Waals surface area contributed by atoms with Gasteiger partial charge in [-0.3, -0.25) is 9.59 Å². The lowest BCUT2D eigenvalue weighted by atomic mass is 9.96. The first kappa shape index (κ1) is 18.8. The van der Waals surface area contributed by atoms with Gasteiger partial charge in [0, 0.05) is 37.7 Å². The Bertz CT molecular complexity index is 670. The van der Waals surface area contributed by atoms with Crippen molar-refractivity contribution in [1.82, 2.24) is 15.1 Å². The minimum atomic E-state index is -0.0211. The third-order valence-corrected chi connectivity index (χ3v) is 5.19. The molecular weight excluding hydrogens is 358 g/mol. The van der Waals surface area contributed by atoms with Gasteiger partial charge in [0.25, 0.3) is 5.91 Å². The number of ether oxygens (including phenoxy) is 2. The molecule has 1 aromatic rings. The van der Waals surface area contributed by atoms with Gasteiger partial charge in [-0.25, -0.2) is 0 Å². The number of carbonyl (C=O) groups excluding carboxylic acids is 2. The summed E-state index contributed by atoms with van der Waals surface area (Å²) < 4.78 is 10.6. The number of rotatable bonds is 2. The van der Waals surface area contributed by atoms with Crippen molar-refractivity contribution < 1.29 is 19.1 Å². The maximum absolute atomic E-state index is 12.7. The lowest BCUT2D eigenvalue weighted by Crippen LogP contribution is -2.52. The van der Waals surface area contributed by atoms with Gasteiger partial charge in [0.05, 0.1) is 0 Å². The van der Waals surface area contributed by atoms with Crippen LogP contribution in [0.25, 0.3) is 0 Å². The van der Waals surface area contributed by atoms with Gasteiger partial charge in [0.1, 0.15) is 0 Å². The Morgan fingerprint density at radius 3 is 2.35 bits per heavy atom. The summed E-state index contributed by atoms with van der Waals surface area (Å²) in [5.74, 6) is 1.65. The van der Waals surface area contributed by atoms with Crippen molar-refractivity contribution in [2.24, 2.45) is 5.92 Å². The second kappa shape index (κ2) is 8.14. The number of carbonyl (C=O) groups is 2. The SMILES string of the molecule is Cl.O=C(c1ccc2c(c1)OCO2)N1CCN(C(=O)C2CCNCC2)CC1. The van der Waals surface area contributed by atoms with Crippen molar-refractivity contribution >= 4 is 24.2 Å². The van der Waals surface area contributed by atoms with E-state index in [-0.39, 0.29) is 36.9 Å². The number of benzene rings is 1. The molecule has 3 aliphatic heterocycles. The van der Waals surface area contributed by atoms with Crippen LogP contribution in [0.3, 0.4) is 0 Å². The van der Waals surface area contributed by atoms with Gasteiger partial charge in [-0.05, 0) is 44.1 Å². The predicted molar refractivity (Wildman–Crippen MR) is 97.9 cm³/mol. The van der Waals surface area contributed by atoms with E-state index in [1.807, 2.05) is 9.80 Å². The molecule has 8 heteroatoms. The minimum Gasteiger partial charge on any atom is -0.454 e. The van der Waals surface area contributed by atoms with Gasteiger partial charge in [-0.2, -0.15) is 0 Å². The average molecular weight is 382 g/mol. The molecule has 0 radical (unpaired) electrons. The number of piperazine rings is 1. The molecule has 2 amide bonds. The fraction of sp³-hybridized carbons (Fsp3) is 0.556. The summed E-state index contributed by atoms with van der Waals surface area (Å²) >= 11 is 0. The fourth-order valence-corrected chi connectivity index (χ4v) is 3.67. The molecule has 0 saturated carbocycles. The quantitative estimate of drug-likeness (QED) is 0.831. The molecule has 4 rings (SSSR count). The van der Waals surface area contributed by atoms with Gasteiger partial charge in [0.15, 0.2) is 11.5 Å². The van der Waals surface area contributed by atoms with E-state index < -0.39 is 0 Å². The molecule has 2 saturated heterocycles. The first-order chi connectivity index (χ1) is 12.2. The standard InChI is InChI=1S/C18H23N3O4.ClH/c22-17(13-3-5-19-6-4-13)20-7-9-21(10-8-20)18(23)14-1-2-15-16(11-14)25-12-24-15;/h1-2,11,13,19H,3-10,12H2;1H. The van der Waals surface area contributed by atoms with Crippen molar-refractivity contribution in [3.63, 3.8) is 0 Å². The van der Waals surface area contributed by atoms with Gasteiger partial charge in [-0.15, -0.1) is 12.4 Å². The Hall–Kier alpha value is -1.99. The van der Waals surface area contributed by atoms with Gasteiger partial charge in [0.2, 0.25) is 12.7 Å². The molecule has 1 aromatic carbocycles. The van der Waals surface area contributed by atoms with Crippen LogP contribution in [-0.2, 0) is 4.79 Å². The smallest absolute Gasteiger partial charge is 0.254 e. The van der Waals surface area contributed by atoms with E-state index in [4.69, 9.17) is 9.47 Å². The highest BCUT2D eigenvalue weighted by molar-refractivity contribution is 5.95. The van der Waals surface area contributed by atoms with Crippen LogP contribution in [0.2, 0.25) is 0 Å². The molecule has 142 valence electrons. The molecule has 2 fully saturated rings. The Morgan fingerprint density at radius 2 is 1.62 bits per heavy atom. The van der Waals surface area contributed by atoms with Crippen LogP contribution in [0.1, 0.15) is 23.2 Å². The monoisotopic (exact) mass is 381 g/mol. The van der Waals surface area contributed by atoms with Crippen LogP contribution in [0.5, 0.6) is 11.5 Å². The van der Waals surface area contributed by atoms with Crippen molar-refractivity contribution in [2.75, 3.05) is 46.1 Å². The third kappa shape index (κ3) is 3.73. The zero-order valence-corrected chi connectivity index (χ0v) is 15.4. The zero-order valence-electron chi connectivity index (χ0n) is 14.6. The number of nitrogens with zero attached hydrogens (tertiary/aromatic N) is 2. The maximum Gasteiger partial charge on any atom is 0.254 e. The molecule has 0 spiro atoms. The average Bonchev–Trinajstić information content (AvgIpc) is 3.15. The molecule has 3 heterocycles. The predicted octanol–water partition coefficient (Wildman–Crippen LogP) is 1.12. The van der Waals surface area contributed by atoms with Crippen molar-refractivity contribution in [3.05, 3.63) is 23.8 Å². The first-order valence-corrected chi connectivity index (χ1v) is 8.91. The van der Waals surface area contributed by atoms with E-state index >= 15 is 0 Å². The second-order valence-electron chi connectivity index (χ2n) is 6.71. The van der Waals surface area contributed by atoms with Crippen LogP contribution in [0, 0.1) is 5.92 Å². The normalized spacial score (nSPS) is 19.8. The molecule has 0 aromatic heterocycles. The topological polar surface area (TPSA) is 71.1 Å². The van der Waals surface area contributed by atoms with E-state index in [0.717, 1.165) is 25.9 Å².